The van der Waals surface area contributed by atoms with Crippen LogP contribution >= 0.6 is 0 Å². The summed E-state index contributed by atoms with van der Waals surface area (Å²) in [5.74, 6) is -1.82. The van der Waals surface area contributed by atoms with Crippen LogP contribution in [0.5, 0.6) is 0 Å². The number of piperidine rings is 1. The van der Waals surface area contributed by atoms with E-state index in [2.05, 4.69) is 24.4 Å². The number of alkyl halides is 2. The van der Waals surface area contributed by atoms with Gasteiger partial charge < -0.3 is 14.7 Å². The van der Waals surface area contributed by atoms with Gasteiger partial charge in [-0.25, -0.2) is 18.7 Å². The fourth-order valence-electron chi connectivity index (χ4n) is 5.17. The Hall–Kier alpha value is -2.06. The number of rotatable bonds is 3. The molecule has 0 radical (unpaired) electrons. The highest BCUT2D eigenvalue weighted by Crippen LogP contribution is 2.39. The Morgan fingerprint density at radius 2 is 1.86 bits per heavy atom. The van der Waals surface area contributed by atoms with Gasteiger partial charge in [0.05, 0.1) is 11.7 Å². The third-order valence-electron chi connectivity index (χ3n) is 6.71. The maximum atomic E-state index is 13.5. The van der Waals surface area contributed by atoms with E-state index in [0.717, 1.165) is 47.8 Å². The minimum absolute atomic E-state index is 0.0241. The van der Waals surface area contributed by atoms with E-state index in [0.29, 0.717) is 25.0 Å². The second kappa shape index (κ2) is 7.02. The van der Waals surface area contributed by atoms with Crippen LogP contribution in [0.25, 0.3) is 22.1 Å². The fraction of sp³-hybridized carbons (Fsp3) is 0.619. The Bertz CT molecular complexity index is 1010. The van der Waals surface area contributed by atoms with Gasteiger partial charge in [-0.05, 0) is 38.7 Å². The Morgan fingerprint density at radius 1 is 1.17 bits per heavy atom. The van der Waals surface area contributed by atoms with Crippen LogP contribution in [-0.2, 0) is 0 Å². The van der Waals surface area contributed by atoms with Crippen LogP contribution in [0.1, 0.15) is 63.4 Å². The normalized spacial score (nSPS) is 26.9. The lowest BCUT2D eigenvalue weighted by Crippen LogP contribution is -2.46. The third kappa shape index (κ3) is 3.32. The molecule has 0 unspecified atom stereocenters. The summed E-state index contributed by atoms with van der Waals surface area (Å²) in [6.45, 7) is 2.73. The Balaban J connectivity index is 1.42. The highest BCUT2D eigenvalue weighted by molar-refractivity contribution is 6.01. The quantitative estimate of drug-likeness (QED) is 0.688. The van der Waals surface area contributed by atoms with Gasteiger partial charge in [0.2, 0.25) is 0 Å². The molecule has 5 rings (SSSR count). The first-order valence-electron chi connectivity index (χ1n) is 10.6. The number of aliphatic hydroxyl groups is 1. The van der Waals surface area contributed by atoms with Crippen molar-refractivity contribution in [1.29, 1.82) is 0 Å². The fourth-order valence-corrected chi connectivity index (χ4v) is 5.17. The number of imidazole rings is 1. The highest BCUT2D eigenvalue weighted by atomic mass is 19.3. The maximum absolute atomic E-state index is 13.5. The molecule has 0 amide bonds. The van der Waals surface area contributed by atoms with Crippen molar-refractivity contribution in [1.82, 2.24) is 24.4 Å². The SMILES string of the molecule is C[C@@H](O)c1nc2cnc3[nH]ccc3c2n1C1CCC(N2CCC(F)(F)CC2)CC1. The average Bonchev–Trinajstić information content (AvgIpc) is 3.32. The molecule has 156 valence electrons. The van der Waals surface area contributed by atoms with E-state index in [4.69, 9.17) is 0 Å². The molecule has 2 fully saturated rings. The van der Waals surface area contributed by atoms with Crippen LogP contribution in [-0.4, -0.2) is 54.6 Å². The molecule has 1 aliphatic carbocycles. The van der Waals surface area contributed by atoms with Crippen molar-refractivity contribution >= 4 is 22.1 Å². The smallest absolute Gasteiger partial charge is 0.250 e. The van der Waals surface area contributed by atoms with Gasteiger partial charge in [-0.3, -0.25) is 4.90 Å². The molecule has 0 aromatic carbocycles. The predicted octanol–water partition coefficient (Wildman–Crippen LogP) is 4.18. The number of hydrogen-bond acceptors (Lipinski definition) is 4. The van der Waals surface area contributed by atoms with E-state index in [1.807, 2.05) is 12.3 Å². The lowest BCUT2D eigenvalue weighted by atomic mass is 9.88. The molecule has 3 aromatic heterocycles. The first-order valence-corrected chi connectivity index (χ1v) is 10.6. The molecule has 1 aliphatic heterocycles. The van der Waals surface area contributed by atoms with Crippen LogP contribution in [0.2, 0.25) is 0 Å². The summed E-state index contributed by atoms with van der Waals surface area (Å²) in [5, 5.41) is 11.4. The van der Waals surface area contributed by atoms with Gasteiger partial charge in [0.1, 0.15) is 23.1 Å². The van der Waals surface area contributed by atoms with Gasteiger partial charge in [0.15, 0.2) is 0 Å². The van der Waals surface area contributed by atoms with E-state index in [1.165, 1.54) is 0 Å². The zero-order valence-corrected chi connectivity index (χ0v) is 16.6. The summed E-state index contributed by atoms with van der Waals surface area (Å²) >= 11 is 0. The molecule has 2 aliphatic rings. The van der Waals surface area contributed by atoms with E-state index >= 15 is 0 Å². The van der Waals surface area contributed by atoms with Crippen molar-refractivity contribution in [2.24, 2.45) is 0 Å². The van der Waals surface area contributed by atoms with Gasteiger partial charge in [0.25, 0.3) is 5.92 Å². The van der Waals surface area contributed by atoms with Gasteiger partial charge in [-0.2, -0.15) is 0 Å². The first-order chi connectivity index (χ1) is 13.9. The van der Waals surface area contributed by atoms with Crippen LogP contribution in [0.3, 0.4) is 0 Å². The van der Waals surface area contributed by atoms with Crippen molar-refractivity contribution in [2.45, 2.75) is 69.6 Å². The second-order valence-corrected chi connectivity index (χ2v) is 8.60. The lowest BCUT2D eigenvalue weighted by Gasteiger charge is -2.41. The zero-order chi connectivity index (χ0) is 20.2. The van der Waals surface area contributed by atoms with Crippen molar-refractivity contribution in [3.63, 3.8) is 0 Å². The molecule has 6 nitrogen and oxygen atoms in total. The van der Waals surface area contributed by atoms with Crippen molar-refractivity contribution in [3.05, 3.63) is 24.3 Å². The maximum Gasteiger partial charge on any atom is 0.250 e. The van der Waals surface area contributed by atoms with E-state index < -0.39 is 12.0 Å². The monoisotopic (exact) mass is 403 g/mol. The van der Waals surface area contributed by atoms with E-state index in [1.54, 1.807) is 13.1 Å². The molecule has 29 heavy (non-hydrogen) atoms. The van der Waals surface area contributed by atoms with Crippen molar-refractivity contribution in [3.8, 4) is 0 Å². The van der Waals surface area contributed by atoms with Crippen molar-refractivity contribution < 1.29 is 13.9 Å². The van der Waals surface area contributed by atoms with E-state index in [-0.39, 0.29) is 18.9 Å². The number of nitrogens with zero attached hydrogens (tertiary/aromatic N) is 4. The molecular formula is C21H27F2N5O. The number of H-pyrrole nitrogens is 1. The number of halogens is 2. The number of nitrogens with one attached hydrogen (secondary N) is 1. The second-order valence-electron chi connectivity index (χ2n) is 8.60. The Kier molecular flexibility index (Phi) is 4.58. The summed E-state index contributed by atoms with van der Waals surface area (Å²) in [6, 6.07) is 2.63. The molecule has 1 saturated heterocycles. The molecule has 0 spiro atoms. The summed E-state index contributed by atoms with van der Waals surface area (Å²) in [6.07, 6.45) is 6.79. The van der Waals surface area contributed by atoms with Crippen LogP contribution < -0.4 is 0 Å². The molecule has 3 aromatic rings. The van der Waals surface area contributed by atoms with E-state index in [9.17, 15) is 13.9 Å². The van der Waals surface area contributed by atoms with Gasteiger partial charge in [-0.1, -0.05) is 0 Å². The average molecular weight is 403 g/mol. The molecule has 4 heterocycles. The molecule has 8 heteroatoms. The summed E-state index contributed by atoms with van der Waals surface area (Å²) < 4.78 is 29.2. The highest BCUT2D eigenvalue weighted by Gasteiger charge is 2.37. The first kappa shape index (κ1) is 18.9. The van der Waals surface area contributed by atoms with Gasteiger partial charge in [-0.15, -0.1) is 0 Å². The standard InChI is InChI=1S/C21H27F2N5O/c1-13(29)20-26-17-12-25-19-16(6-9-24-19)18(17)28(20)15-4-2-14(3-5-15)27-10-7-21(22,23)8-11-27/h6,9,12-15,29H,2-5,7-8,10-11H2,1H3,(H,24,25)/t13-,14?,15?/m1/s1. The van der Waals surface area contributed by atoms with Gasteiger partial charge in [0, 0.05) is 49.6 Å². The summed E-state index contributed by atoms with van der Waals surface area (Å²) in [4.78, 5) is 14.5. The minimum Gasteiger partial charge on any atom is -0.385 e. The lowest BCUT2D eigenvalue weighted by molar-refractivity contribution is -0.0664. The number of fused-ring (bicyclic) bond motifs is 3. The predicted molar refractivity (Wildman–Crippen MR) is 107 cm³/mol. The topological polar surface area (TPSA) is 70.0 Å². The molecule has 1 atom stereocenters. The third-order valence-corrected chi connectivity index (χ3v) is 6.71. The zero-order valence-electron chi connectivity index (χ0n) is 16.6. The number of hydrogen-bond donors (Lipinski definition) is 2. The Morgan fingerprint density at radius 3 is 2.55 bits per heavy atom. The molecule has 2 N–H and O–H groups in total. The molecular weight excluding hydrogens is 376 g/mol. The summed E-state index contributed by atoms with van der Waals surface area (Å²) in [5.41, 5.74) is 2.64. The number of likely N-dealkylation sites (tertiary alicyclic amines) is 1. The van der Waals surface area contributed by atoms with Crippen LogP contribution in [0.15, 0.2) is 18.5 Å². The Labute approximate surface area is 167 Å². The number of pyridine rings is 1. The van der Waals surface area contributed by atoms with Crippen molar-refractivity contribution in [2.75, 3.05) is 13.1 Å². The molecule has 1 saturated carbocycles. The largest absolute Gasteiger partial charge is 0.385 e. The van der Waals surface area contributed by atoms with Crippen LogP contribution in [0, 0.1) is 0 Å². The number of aliphatic hydroxyl groups excluding tert-OH is 1. The number of aromatic nitrogens is 4. The molecule has 0 bridgehead atoms. The minimum atomic E-state index is -2.49. The number of aromatic amines is 1. The summed E-state index contributed by atoms with van der Waals surface area (Å²) in [7, 11) is 0. The van der Waals surface area contributed by atoms with Gasteiger partial charge >= 0.3 is 0 Å². The van der Waals surface area contributed by atoms with Crippen LogP contribution in [0.4, 0.5) is 8.78 Å².